The number of amides is 3. The van der Waals surface area contributed by atoms with Crippen molar-refractivity contribution in [1.82, 2.24) is 4.90 Å². The van der Waals surface area contributed by atoms with Gasteiger partial charge in [0.15, 0.2) is 0 Å². The summed E-state index contributed by atoms with van der Waals surface area (Å²) in [6.07, 6.45) is 3.96. The van der Waals surface area contributed by atoms with Gasteiger partial charge in [-0.2, -0.15) is 0 Å². The molecule has 3 amide bonds. The van der Waals surface area contributed by atoms with Gasteiger partial charge in [0.05, 0.1) is 16.8 Å². The van der Waals surface area contributed by atoms with Crippen LogP contribution in [-0.2, 0) is 9.59 Å². The van der Waals surface area contributed by atoms with E-state index in [-0.39, 0.29) is 47.1 Å². The highest BCUT2D eigenvalue weighted by Crippen LogP contribution is 2.38. The zero-order chi connectivity index (χ0) is 25.1. The summed E-state index contributed by atoms with van der Waals surface area (Å²) in [6.45, 7) is 2.46. The third kappa shape index (κ3) is 5.30. The summed E-state index contributed by atoms with van der Waals surface area (Å²) in [5.41, 5.74) is 1.51. The van der Waals surface area contributed by atoms with Crippen LogP contribution in [0.15, 0.2) is 36.4 Å². The Labute approximate surface area is 208 Å². The molecule has 4 rings (SSSR count). The number of carbonyl (C=O) groups is 3. The number of aryl methyl sites for hydroxylation is 1. The maximum Gasteiger partial charge on any atom is 0.293 e. The number of halogens is 1. The number of anilines is 2. The first-order valence-corrected chi connectivity index (χ1v) is 12.1. The molecule has 0 aromatic heterocycles. The predicted molar refractivity (Wildman–Crippen MR) is 133 cm³/mol. The molecule has 1 aliphatic heterocycles. The molecule has 2 aromatic rings. The van der Waals surface area contributed by atoms with Crippen LogP contribution in [0.3, 0.4) is 0 Å². The van der Waals surface area contributed by atoms with E-state index in [4.69, 9.17) is 11.6 Å². The molecule has 35 heavy (non-hydrogen) atoms. The van der Waals surface area contributed by atoms with E-state index >= 15 is 0 Å². The molecule has 2 aromatic carbocycles. The first kappa shape index (κ1) is 24.7. The lowest BCUT2D eigenvalue weighted by atomic mass is 9.81. The maximum absolute atomic E-state index is 12.6. The number of nitrogens with zero attached hydrogens (tertiary/aromatic N) is 2. The number of likely N-dealkylation sites (tertiary alicyclic amines) is 1. The molecule has 1 aliphatic carbocycles. The van der Waals surface area contributed by atoms with Gasteiger partial charge >= 0.3 is 0 Å². The second-order valence-corrected chi connectivity index (χ2v) is 9.42. The summed E-state index contributed by atoms with van der Waals surface area (Å²) >= 11 is 6.09. The average molecular weight is 499 g/mol. The fraction of sp³-hybridized carbons (Fsp3) is 0.400. The van der Waals surface area contributed by atoms with Gasteiger partial charge in [0.25, 0.3) is 11.6 Å². The lowest BCUT2D eigenvalue weighted by Crippen LogP contribution is -2.33. The van der Waals surface area contributed by atoms with E-state index in [0.29, 0.717) is 23.7 Å². The Hall–Kier alpha value is -3.46. The van der Waals surface area contributed by atoms with E-state index in [1.165, 1.54) is 23.1 Å². The van der Waals surface area contributed by atoms with Gasteiger partial charge in [-0.15, -0.1) is 0 Å². The molecule has 2 fully saturated rings. The van der Waals surface area contributed by atoms with Crippen LogP contribution in [0.5, 0.6) is 0 Å². The van der Waals surface area contributed by atoms with Gasteiger partial charge in [-0.05, 0) is 56.0 Å². The van der Waals surface area contributed by atoms with Crippen molar-refractivity contribution in [3.05, 3.63) is 62.7 Å². The Bertz CT molecular complexity index is 1160. The second kappa shape index (κ2) is 10.4. The number of rotatable bonds is 8. The van der Waals surface area contributed by atoms with Crippen LogP contribution in [0.25, 0.3) is 0 Å². The standard InChI is InChI=1S/C25H27ClN4O5/c1-15-7-9-17(14-20(15)26)28-23(31)16-8-10-21(22(13-16)30(34)35)27-11-4-12-29-24(32)18-5-2-3-6-19(18)25(29)33/h7-10,13-14,18-19,27H,2-6,11-12H2,1H3,(H,28,31)/t18-,19-/m1/s1. The van der Waals surface area contributed by atoms with Crippen molar-refractivity contribution in [2.45, 2.75) is 39.0 Å². The smallest absolute Gasteiger partial charge is 0.293 e. The highest BCUT2D eigenvalue weighted by atomic mass is 35.5. The first-order valence-electron chi connectivity index (χ1n) is 11.7. The molecule has 2 atom stereocenters. The molecule has 0 bridgehead atoms. The van der Waals surface area contributed by atoms with Crippen molar-refractivity contribution in [3.63, 3.8) is 0 Å². The Kier molecular flexibility index (Phi) is 7.35. The number of carbonyl (C=O) groups excluding carboxylic acids is 3. The summed E-state index contributed by atoms with van der Waals surface area (Å²) in [5, 5.41) is 17.8. The van der Waals surface area contributed by atoms with E-state index in [1.54, 1.807) is 18.2 Å². The minimum atomic E-state index is -0.555. The fourth-order valence-electron chi connectivity index (χ4n) is 4.76. The van der Waals surface area contributed by atoms with E-state index in [2.05, 4.69) is 10.6 Å². The van der Waals surface area contributed by atoms with Crippen LogP contribution in [0.1, 0.15) is 48.0 Å². The van der Waals surface area contributed by atoms with Crippen molar-refractivity contribution >= 4 is 46.4 Å². The average Bonchev–Trinajstić information content (AvgIpc) is 3.09. The molecule has 1 saturated carbocycles. The Balaban J connectivity index is 1.36. The zero-order valence-electron chi connectivity index (χ0n) is 19.4. The summed E-state index contributed by atoms with van der Waals surface area (Å²) in [5.74, 6) is -1.03. The van der Waals surface area contributed by atoms with E-state index in [1.807, 2.05) is 6.92 Å². The largest absolute Gasteiger partial charge is 0.379 e. The van der Waals surface area contributed by atoms with E-state index in [9.17, 15) is 24.5 Å². The summed E-state index contributed by atoms with van der Waals surface area (Å²) in [4.78, 5) is 50.2. The molecule has 1 heterocycles. The second-order valence-electron chi connectivity index (χ2n) is 9.01. The summed E-state index contributed by atoms with van der Waals surface area (Å²) in [7, 11) is 0. The predicted octanol–water partition coefficient (Wildman–Crippen LogP) is 4.79. The minimum Gasteiger partial charge on any atom is -0.379 e. The van der Waals surface area contributed by atoms with Crippen molar-refractivity contribution in [2.75, 3.05) is 23.7 Å². The van der Waals surface area contributed by atoms with Crippen LogP contribution in [0.2, 0.25) is 5.02 Å². The van der Waals surface area contributed by atoms with E-state index < -0.39 is 10.8 Å². The third-order valence-corrected chi connectivity index (χ3v) is 7.10. The number of nitro benzene ring substituents is 1. The van der Waals surface area contributed by atoms with Crippen LogP contribution in [0, 0.1) is 28.9 Å². The molecule has 2 aliphatic rings. The van der Waals surface area contributed by atoms with Crippen LogP contribution in [-0.4, -0.2) is 40.6 Å². The summed E-state index contributed by atoms with van der Waals surface area (Å²) in [6, 6.07) is 9.28. The van der Waals surface area contributed by atoms with Crippen molar-refractivity contribution in [1.29, 1.82) is 0 Å². The number of imide groups is 1. The SMILES string of the molecule is Cc1ccc(NC(=O)c2ccc(NCCCN3C(=O)[C@@H]4CCCC[C@H]4C3=O)c([N+](=O)[O-])c2)cc1Cl. The first-order chi connectivity index (χ1) is 16.8. The molecule has 10 heteroatoms. The Morgan fingerprint density at radius 1 is 1.11 bits per heavy atom. The molecule has 0 radical (unpaired) electrons. The highest BCUT2D eigenvalue weighted by Gasteiger charge is 2.47. The Morgan fingerprint density at radius 2 is 1.80 bits per heavy atom. The third-order valence-electron chi connectivity index (χ3n) is 6.69. The monoisotopic (exact) mass is 498 g/mol. The molecular formula is C25H27ClN4O5. The van der Waals surface area contributed by atoms with Crippen LogP contribution in [0.4, 0.5) is 17.1 Å². The molecule has 0 unspecified atom stereocenters. The molecular weight excluding hydrogens is 472 g/mol. The van der Waals surface area contributed by atoms with Crippen molar-refractivity contribution < 1.29 is 19.3 Å². The number of nitro groups is 1. The number of benzene rings is 2. The highest BCUT2D eigenvalue weighted by molar-refractivity contribution is 6.31. The molecule has 2 N–H and O–H groups in total. The van der Waals surface area contributed by atoms with Crippen molar-refractivity contribution in [3.8, 4) is 0 Å². The minimum absolute atomic E-state index is 0.0871. The molecule has 0 spiro atoms. The molecule has 9 nitrogen and oxygen atoms in total. The van der Waals surface area contributed by atoms with Gasteiger partial charge in [0.1, 0.15) is 5.69 Å². The van der Waals surface area contributed by atoms with Gasteiger partial charge in [-0.1, -0.05) is 30.5 Å². The molecule has 184 valence electrons. The normalized spacial score (nSPS) is 19.4. The lowest BCUT2D eigenvalue weighted by Gasteiger charge is -2.19. The van der Waals surface area contributed by atoms with Crippen LogP contribution >= 0.6 is 11.6 Å². The fourth-order valence-corrected chi connectivity index (χ4v) is 4.94. The topological polar surface area (TPSA) is 122 Å². The number of hydrogen-bond donors (Lipinski definition) is 2. The number of fused-ring (bicyclic) bond motifs is 1. The van der Waals surface area contributed by atoms with Gasteiger partial charge in [-0.3, -0.25) is 29.4 Å². The summed E-state index contributed by atoms with van der Waals surface area (Å²) < 4.78 is 0. The van der Waals surface area contributed by atoms with Gasteiger partial charge < -0.3 is 10.6 Å². The number of hydrogen-bond acceptors (Lipinski definition) is 6. The zero-order valence-corrected chi connectivity index (χ0v) is 20.1. The van der Waals surface area contributed by atoms with Gasteiger partial charge in [0.2, 0.25) is 11.8 Å². The van der Waals surface area contributed by atoms with Gasteiger partial charge in [-0.25, -0.2) is 0 Å². The van der Waals surface area contributed by atoms with E-state index in [0.717, 1.165) is 31.2 Å². The van der Waals surface area contributed by atoms with Crippen LogP contribution < -0.4 is 10.6 Å². The quantitative estimate of drug-likeness (QED) is 0.233. The Morgan fingerprint density at radius 3 is 2.43 bits per heavy atom. The molecule has 1 saturated heterocycles. The van der Waals surface area contributed by atoms with Crippen molar-refractivity contribution in [2.24, 2.45) is 11.8 Å². The lowest BCUT2D eigenvalue weighted by molar-refractivity contribution is -0.384. The maximum atomic E-state index is 12.6. The number of nitrogens with one attached hydrogen (secondary N) is 2. The van der Waals surface area contributed by atoms with Gasteiger partial charge in [0, 0.05) is 35.4 Å².